The van der Waals surface area contributed by atoms with Crippen molar-refractivity contribution in [3.63, 3.8) is 0 Å². The van der Waals surface area contributed by atoms with Crippen LogP contribution in [0.1, 0.15) is 32.6 Å². The Kier molecular flexibility index (Phi) is 7.64. The summed E-state index contributed by atoms with van der Waals surface area (Å²) < 4.78 is 23.7. The van der Waals surface area contributed by atoms with Crippen molar-refractivity contribution in [1.82, 2.24) is 0 Å². The molecule has 0 unspecified atom stereocenters. The molecule has 0 radical (unpaired) electrons. The summed E-state index contributed by atoms with van der Waals surface area (Å²) in [5, 5.41) is 11.3. The number of aliphatic hydroxyl groups excluding tert-OH is 1. The van der Waals surface area contributed by atoms with E-state index in [1.807, 2.05) is 0 Å². The molecule has 0 fully saturated rings. The van der Waals surface area contributed by atoms with E-state index in [4.69, 9.17) is 5.11 Å². The van der Waals surface area contributed by atoms with Gasteiger partial charge in [0.1, 0.15) is 0 Å². The van der Waals surface area contributed by atoms with Crippen LogP contribution in [0.15, 0.2) is 29.2 Å². The highest BCUT2D eigenvalue weighted by atomic mass is 32.2. The second-order valence-electron chi connectivity index (χ2n) is 4.78. The molecule has 1 rings (SSSR count). The number of hydrogen-bond donors (Lipinski definition) is 2. The van der Waals surface area contributed by atoms with Crippen LogP contribution in [-0.2, 0) is 14.6 Å². The van der Waals surface area contributed by atoms with Gasteiger partial charge in [0, 0.05) is 12.1 Å². The van der Waals surface area contributed by atoms with E-state index < -0.39 is 22.4 Å². The number of unbranched alkanes of at least 4 members (excludes halogenated alkanes) is 3. The molecular formula is C16H21NO4S. The standard InChI is InChI=1S/C16H21NO4S/c1-2-3-4-5-6-10-16(19)17-14-8-7-9-15(13-14)22(20,21)12-11-18/h7-9,13,18H,2-5,11-12H2,1H3,(H,17,19). The molecule has 0 bridgehead atoms. The Morgan fingerprint density at radius 1 is 1.32 bits per heavy atom. The summed E-state index contributed by atoms with van der Waals surface area (Å²) in [5.74, 6) is 4.47. The lowest BCUT2D eigenvalue weighted by Crippen LogP contribution is -2.12. The molecule has 6 heteroatoms. The van der Waals surface area contributed by atoms with Crippen LogP contribution in [0.4, 0.5) is 5.69 Å². The SMILES string of the molecule is CCCCCC#CC(=O)Nc1cccc(S(=O)(=O)CCO)c1. The van der Waals surface area contributed by atoms with E-state index >= 15 is 0 Å². The number of sulfone groups is 1. The van der Waals surface area contributed by atoms with Gasteiger partial charge >= 0.3 is 0 Å². The third-order valence-corrected chi connectivity index (χ3v) is 4.61. The van der Waals surface area contributed by atoms with Gasteiger partial charge in [-0.05, 0) is 30.5 Å². The maximum atomic E-state index is 11.8. The second kappa shape index (κ2) is 9.23. The minimum absolute atomic E-state index is 0.0651. The molecule has 0 aliphatic carbocycles. The normalized spacial score (nSPS) is 10.6. The summed E-state index contributed by atoms with van der Waals surface area (Å²) in [6.07, 6.45) is 3.82. The van der Waals surface area contributed by atoms with Crippen molar-refractivity contribution >= 4 is 21.4 Å². The first-order chi connectivity index (χ1) is 10.5. The number of carbonyl (C=O) groups is 1. The summed E-state index contributed by atoms with van der Waals surface area (Å²) in [6.45, 7) is 1.65. The molecule has 1 aromatic rings. The fourth-order valence-electron chi connectivity index (χ4n) is 1.77. The van der Waals surface area contributed by atoms with Crippen molar-refractivity contribution in [2.75, 3.05) is 17.7 Å². The first kappa shape index (κ1) is 18.2. The highest BCUT2D eigenvalue weighted by Crippen LogP contribution is 2.16. The lowest BCUT2D eigenvalue weighted by molar-refractivity contribution is -0.111. The number of aliphatic hydroxyl groups is 1. The number of amides is 1. The average molecular weight is 323 g/mol. The van der Waals surface area contributed by atoms with Crippen LogP contribution in [0.3, 0.4) is 0 Å². The number of nitrogens with one attached hydrogen (secondary N) is 1. The van der Waals surface area contributed by atoms with Gasteiger partial charge in [-0.25, -0.2) is 8.42 Å². The largest absolute Gasteiger partial charge is 0.395 e. The predicted molar refractivity (Wildman–Crippen MR) is 86.1 cm³/mol. The van der Waals surface area contributed by atoms with Crippen LogP contribution in [0, 0.1) is 11.8 Å². The van der Waals surface area contributed by atoms with Crippen LogP contribution in [-0.4, -0.2) is 31.8 Å². The molecule has 120 valence electrons. The summed E-state index contributed by atoms with van der Waals surface area (Å²) >= 11 is 0. The van der Waals surface area contributed by atoms with Crippen LogP contribution in [0.2, 0.25) is 0 Å². The van der Waals surface area contributed by atoms with Crippen LogP contribution >= 0.6 is 0 Å². The Morgan fingerprint density at radius 2 is 2.09 bits per heavy atom. The van der Waals surface area contributed by atoms with Gasteiger partial charge in [0.25, 0.3) is 5.91 Å². The topological polar surface area (TPSA) is 83.5 Å². The molecule has 22 heavy (non-hydrogen) atoms. The maximum Gasteiger partial charge on any atom is 0.300 e. The molecule has 1 amide bonds. The molecule has 0 aliphatic rings. The molecule has 0 aromatic heterocycles. The van der Waals surface area contributed by atoms with Crippen molar-refractivity contribution in [2.24, 2.45) is 0 Å². The Labute approximate surface area is 131 Å². The summed E-state index contributed by atoms with van der Waals surface area (Å²) in [6, 6.07) is 5.92. The number of benzene rings is 1. The molecule has 0 heterocycles. The number of rotatable bonds is 7. The van der Waals surface area contributed by atoms with Gasteiger partial charge in [0.15, 0.2) is 9.84 Å². The first-order valence-corrected chi connectivity index (χ1v) is 8.88. The van der Waals surface area contributed by atoms with E-state index in [9.17, 15) is 13.2 Å². The van der Waals surface area contributed by atoms with E-state index in [-0.39, 0.29) is 10.6 Å². The van der Waals surface area contributed by atoms with Crippen molar-refractivity contribution < 1.29 is 18.3 Å². The number of hydrogen-bond acceptors (Lipinski definition) is 4. The Hall–Kier alpha value is -1.84. The highest BCUT2D eigenvalue weighted by Gasteiger charge is 2.14. The Morgan fingerprint density at radius 3 is 2.77 bits per heavy atom. The average Bonchev–Trinajstić information content (AvgIpc) is 2.47. The third-order valence-electron chi connectivity index (χ3n) is 2.92. The van der Waals surface area contributed by atoms with Gasteiger partial charge in [0.05, 0.1) is 17.3 Å². The summed E-state index contributed by atoms with van der Waals surface area (Å²) in [4.78, 5) is 11.7. The molecule has 1 aromatic carbocycles. The Balaban J connectivity index is 2.69. The lowest BCUT2D eigenvalue weighted by atomic mass is 10.2. The molecule has 2 N–H and O–H groups in total. The maximum absolute atomic E-state index is 11.8. The van der Waals surface area contributed by atoms with Crippen molar-refractivity contribution in [3.8, 4) is 11.8 Å². The molecule has 0 saturated carbocycles. The fourth-order valence-corrected chi connectivity index (χ4v) is 2.84. The zero-order valence-corrected chi connectivity index (χ0v) is 13.4. The van der Waals surface area contributed by atoms with Crippen LogP contribution in [0.25, 0.3) is 0 Å². The third kappa shape index (κ3) is 6.29. The first-order valence-electron chi connectivity index (χ1n) is 7.23. The zero-order chi connectivity index (χ0) is 16.4. The molecular weight excluding hydrogens is 302 g/mol. The van der Waals surface area contributed by atoms with Gasteiger partial charge in [0.2, 0.25) is 0 Å². The minimum Gasteiger partial charge on any atom is -0.395 e. The lowest BCUT2D eigenvalue weighted by Gasteiger charge is -2.05. The zero-order valence-electron chi connectivity index (χ0n) is 12.6. The molecule has 0 aliphatic heterocycles. The smallest absolute Gasteiger partial charge is 0.300 e. The van der Waals surface area contributed by atoms with E-state index in [2.05, 4.69) is 24.1 Å². The van der Waals surface area contributed by atoms with E-state index in [1.165, 1.54) is 18.2 Å². The molecule has 5 nitrogen and oxygen atoms in total. The van der Waals surface area contributed by atoms with Gasteiger partial charge < -0.3 is 10.4 Å². The number of carbonyl (C=O) groups excluding carboxylic acids is 1. The van der Waals surface area contributed by atoms with Gasteiger partial charge in [-0.2, -0.15) is 0 Å². The van der Waals surface area contributed by atoms with Gasteiger partial charge in [-0.1, -0.05) is 31.8 Å². The van der Waals surface area contributed by atoms with Crippen molar-refractivity contribution in [1.29, 1.82) is 0 Å². The number of anilines is 1. The quantitative estimate of drug-likeness (QED) is 0.593. The van der Waals surface area contributed by atoms with Crippen molar-refractivity contribution in [2.45, 2.75) is 37.5 Å². The summed E-state index contributed by atoms with van der Waals surface area (Å²) in [7, 11) is -3.53. The van der Waals surface area contributed by atoms with E-state index in [0.717, 1.165) is 19.3 Å². The van der Waals surface area contributed by atoms with Crippen LogP contribution < -0.4 is 5.32 Å². The Bertz CT molecular complexity index is 656. The van der Waals surface area contributed by atoms with E-state index in [0.29, 0.717) is 12.1 Å². The van der Waals surface area contributed by atoms with Gasteiger partial charge in [-0.3, -0.25) is 4.79 Å². The second-order valence-corrected chi connectivity index (χ2v) is 6.89. The monoisotopic (exact) mass is 323 g/mol. The molecule has 0 spiro atoms. The highest BCUT2D eigenvalue weighted by molar-refractivity contribution is 7.91. The van der Waals surface area contributed by atoms with Gasteiger partial charge in [-0.15, -0.1) is 0 Å². The molecule has 0 atom stereocenters. The van der Waals surface area contributed by atoms with Crippen molar-refractivity contribution in [3.05, 3.63) is 24.3 Å². The molecule has 0 saturated heterocycles. The fraction of sp³-hybridized carbons (Fsp3) is 0.438. The minimum atomic E-state index is -3.53. The summed E-state index contributed by atoms with van der Waals surface area (Å²) in [5.41, 5.74) is 0.367. The van der Waals surface area contributed by atoms with Crippen LogP contribution in [0.5, 0.6) is 0 Å². The van der Waals surface area contributed by atoms with E-state index in [1.54, 1.807) is 6.07 Å². The predicted octanol–water partition coefficient (Wildman–Crippen LogP) is 1.97.